The van der Waals surface area contributed by atoms with Crippen LogP contribution in [0.1, 0.15) is 359 Å². The van der Waals surface area contributed by atoms with E-state index in [-0.39, 0.29) is 46.5 Å². The molecule has 0 aliphatic heterocycles. The van der Waals surface area contributed by atoms with Crippen molar-refractivity contribution in [3.8, 4) is 0 Å². The Bertz CT molecular complexity index is 2840. The van der Waals surface area contributed by atoms with Crippen LogP contribution in [0.3, 0.4) is 0 Å². The molecule has 0 radical (unpaired) electrons. The van der Waals surface area contributed by atoms with Gasteiger partial charge in [-0.2, -0.15) is 20.5 Å². The van der Waals surface area contributed by atoms with Gasteiger partial charge < -0.3 is 29.4 Å². The highest BCUT2D eigenvalue weighted by atomic mass is 33.1. The molecule has 4 unspecified atom stereocenters. The Kier molecular flexibility index (Phi) is 172. The SMILES string of the molecule is C=CCC(C)C.C=CCOC(=O)C(C)C.CC(C)C(F)(F)N=[N+]=[N-].CC(C)C(F)N=[N+]=[N-].CC(C)CN=[N+]=[N-].CC(C)CSSC(C)(C)C.CC(C)CSSC(C)C.CC(C)CSc1ccccc1.CC(C)N.CC(C)[N+](=O)[O-].CCC(C)C.CCOC(=O)C(C)C.CCOC(=O)C(C)C.CCSC(C)C(C)C.CCSSC(C)OC(C)C.CCSSCC(C)C.CSSC(C)OC(C)C.CSSCC(C)C. The zero-order chi connectivity index (χ0) is 116. The number of rotatable bonds is 46. The van der Waals surface area contributed by atoms with Crippen molar-refractivity contribution in [2.45, 2.75) is 427 Å². The first-order valence-corrected chi connectivity index (χ1v) is 67.1. The standard InChI is InChI=1S/C10H14S.C8H18S2.C7H12O2.C7H16OS2.C7H16S2.C7H16S.2C6H12O2.C6H14OS2.C6H14S2.C6H12.C5H12S2.C5H12.C4H7F2N3.C4H8FN3.C4H9N3.C3H7NO2.C3H9N/c1-9(2)8-11-10-6-4-3-5-7-10;1-7(2)6-9-10-8(3,4)5;1-4-5-9-7(8)6(2)3;1-5-9-10-7(4)8-6(2)3;1-6(2)5-8-9-7(3)4;1-5-8-7(4)6(2)3;2*1-4-8-6(7)5(2)3;1-5(2)7-6(3)9-8-4;1-4-7-8-5-6(2)3;1-4-5-6(2)3;1-5(2)4-7-6-3;1-4-5(2)3;1-3(2)4(5,6)8-9-7;1-3(2)4(5)7-8-6;1-4(2)3-6-7-5;1-3(2)4(5)6;1-3(2)4/h3-7,9H,8H2,1-2H3;7H,6H2,1-5H3;4,6H,1,5H2,2-3H3;6-7H,5H2,1-4H3;6-7H,5H2,1-4H3;6-7H,5H2,1-4H3;2*5H,4H2,1-3H3;5-6H,1-4H3;6H,4-5H2,1-3H3;4,6H,1,5H2,2-3H3;5H,4H2,1-3H3;5H,4H2,1-3H3;3H,1-2H3;3-4H,1-2H3;4H,3H2,1-2H3;3H,1-2H3;3H,4H2,1-2H3. The minimum atomic E-state index is -3.24. The molecule has 0 saturated heterocycles. The highest BCUT2D eigenvalue weighted by molar-refractivity contribution is 8.78. The number of alkyl halides is 3. The van der Waals surface area contributed by atoms with Crippen LogP contribution in [0.2, 0.25) is 0 Å². The third kappa shape index (κ3) is 227. The number of ether oxygens (including phenoxy) is 5. The average Bonchev–Trinajstić information content (AvgIpc) is 0.910. The van der Waals surface area contributed by atoms with Gasteiger partial charge in [0.15, 0.2) is 6.30 Å². The molecule has 0 amide bonds. The van der Waals surface area contributed by atoms with Gasteiger partial charge in [-0.3, -0.25) is 24.5 Å². The number of nitrogens with two attached hydrogens (primary N) is 1. The van der Waals surface area contributed by atoms with Crippen LogP contribution in [0.4, 0.5) is 13.2 Å². The van der Waals surface area contributed by atoms with Crippen LogP contribution in [-0.4, -0.2) is 170 Å². The summed E-state index contributed by atoms with van der Waals surface area (Å²) < 4.78 is 61.7. The lowest BCUT2D eigenvalue weighted by Crippen LogP contribution is -2.19. The van der Waals surface area contributed by atoms with Gasteiger partial charge in [-0.25, -0.2) is 4.39 Å². The summed E-state index contributed by atoms with van der Waals surface area (Å²) in [6.45, 7) is 111. The van der Waals surface area contributed by atoms with Crippen LogP contribution in [0.5, 0.6) is 0 Å². The summed E-state index contributed by atoms with van der Waals surface area (Å²) in [5, 5.41) is 19.6. The Morgan fingerprint density at radius 3 is 1.08 bits per heavy atom. The summed E-state index contributed by atoms with van der Waals surface area (Å²) in [4.78, 5) is 49.1. The zero-order valence-corrected chi connectivity index (χ0v) is 111. The first kappa shape index (κ1) is 180. The number of benzene rings is 1. The number of esters is 3. The fourth-order valence-corrected chi connectivity index (χ4v) is 19.3. The molecule has 0 saturated carbocycles. The van der Waals surface area contributed by atoms with Crippen LogP contribution in [0.25, 0.3) is 31.3 Å². The van der Waals surface area contributed by atoms with Crippen molar-refractivity contribution in [1.29, 1.82) is 0 Å². The number of hydrogen-bond donors (Lipinski definition) is 1. The highest BCUT2D eigenvalue weighted by Crippen LogP contribution is 2.36. The van der Waals surface area contributed by atoms with Crippen molar-refractivity contribution < 1.29 is 56.2 Å². The molecule has 0 heterocycles. The van der Waals surface area contributed by atoms with Crippen molar-refractivity contribution in [2.24, 2.45) is 104 Å². The Morgan fingerprint density at radius 2 is 0.866 bits per heavy atom. The van der Waals surface area contributed by atoms with Crippen molar-refractivity contribution in [1.82, 2.24) is 0 Å². The van der Waals surface area contributed by atoms with E-state index in [1.165, 1.54) is 65.4 Å². The summed E-state index contributed by atoms with van der Waals surface area (Å²) in [6.07, 6.45) is 9.45. The smallest absolute Gasteiger partial charge is 0.328 e. The van der Waals surface area contributed by atoms with Gasteiger partial charge in [0.1, 0.15) is 17.5 Å². The third-order valence-corrected chi connectivity index (χ3v) is 32.4. The molecule has 0 fully saturated rings. The lowest BCUT2D eigenvalue weighted by Gasteiger charge is -2.16. The largest absolute Gasteiger partial charge is 0.466 e. The van der Waals surface area contributed by atoms with Crippen LogP contribution >= 0.6 is 153 Å². The number of carbonyl (C=O) groups excluding carboxylic acids is 3. The van der Waals surface area contributed by atoms with Gasteiger partial charge in [-0.1, -0.05) is 460 Å². The Balaban J connectivity index is -0.0000000780. The average molecular weight is 2290 g/mol. The predicted octanol–water partition coefficient (Wildman–Crippen LogP) is 40.9. The maximum atomic E-state index is 12.1. The topological polar surface area (TPSA) is 313 Å². The van der Waals surface area contributed by atoms with E-state index in [4.69, 9.17) is 36.5 Å². The molecule has 0 bridgehead atoms. The minimum absolute atomic E-state index is 0.00921. The molecule has 2 N–H and O–H groups in total. The van der Waals surface area contributed by atoms with Crippen molar-refractivity contribution in [3.05, 3.63) is 97.1 Å². The number of azide groups is 3. The molecule has 0 spiro atoms. The van der Waals surface area contributed by atoms with E-state index in [2.05, 4.69) is 312 Å². The molecule has 1 aromatic carbocycles. The van der Waals surface area contributed by atoms with Gasteiger partial charge in [-0.15, -0.1) is 18.3 Å². The number of halogens is 3. The van der Waals surface area contributed by atoms with E-state index in [0.717, 1.165) is 70.0 Å². The van der Waals surface area contributed by atoms with Crippen LogP contribution < -0.4 is 5.73 Å². The second-order valence-corrected chi connectivity index (χ2v) is 58.1. The molecule has 1 rings (SSSR count). The van der Waals surface area contributed by atoms with E-state index in [1.54, 1.807) is 93.8 Å². The fraction of sp³-hybridized carbons (Fsp3) is 0.875. The molecule has 4 atom stereocenters. The molecule has 1 aromatic rings. The van der Waals surface area contributed by atoms with Crippen molar-refractivity contribution in [3.63, 3.8) is 0 Å². The minimum Gasteiger partial charge on any atom is -0.466 e. The quantitative estimate of drug-likeness (QED) is 0.00506. The molecule has 856 valence electrons. The van der Waals surface area contributed by atoms with Crippen LogP contribution in [-0.2, 0) is 38.1 Å². The molecular formula is C104H220F3N11O10S14. The van der Waals surface area contributed by atoms with Crippen molar-refractivity contribution >= 4 is 171 Å². The third-order valence-electron chi connectivity index (χ3n) is 13.0. The summed E-state index contributed by atoms with van der Waals surface area (Å²) in [7, 11) is 22.8. The van der Waals surface area contributed by atoms with Gasteiger partial charge in [0, 0.05) is 106 Å². The van der Waals surface area contributed by atoms with Gasteiger partial charge in [0.25, 0.3) is 0 Å². The summed E-state index contributed by atoms with van der Waals surface area (Å²) in [5.41, 5.74) is 28.9. The normalized spacial score (nSPS) is 11.1. The molecule has 0 aliphatic rings. The van der Waals surface area contributed by atoms with Crippen LogP contribution in [0.15, 0.2) is 75.9 Å². The zero-order valence-electron chi connectivity index (χ0n) is 99.6. The predicted molar refractivity (Wildman–Crippen MR) is 665 cm³/mol. The number of carbonyl (C=O) groups is 3. The highest BCUT2D eigenvalue weighted by Gasteiger charge is 2.31. The maximum absolute atomic E-state index is 12.1. The second-order valence-electron chi connectivity index (χ2n) is 38.1. The Morgan fingerprint density at radius 1 is 0.486 bits per heavy atom. The lowest BCUT2D eigenvalue weighted by molar-refractivity contribution is -0.513. The monoisotopic (exact) mass is 2290 g/mol. The summed E-state index contributed by atoms with van der Waals surface area (Å²) >= 11 is 3.97. The van der Waals surface area contributed by atoms with Gasteiger partial charge in [0.05, 0.1) is 43.2 Å². The van der Waals surface area contributed by atoms with Crippen molar-refractivity contribution in [2.75, 3.05) is 84.9 Å². The molecular weight excluding hydrogens is 2070 g/mol. The number of thioether (sulfide) groups is 2. The first-order chi connectivity index (χ1) is 65.3. The number of allylic oxidation sites excluding steroid dienone is 1. The lowest BCUT2D eigenvalue weighted by atomic mass is 10.1. The van der Waals surface area contributed by atoms with Crippen LogP contribution in [0, 0.1) is 93.0 Å². The maximum Gasteiger partial charge on any atom is 0.328 e. The molecule has 21 nitrogen and oxygen atoms in total. The van der Waals surface area contributed by atoms with E-state index in [9.17, 15) is 37.7 Å². The Labute approximate surface area is 931 Å². The van der Waals surface area contributed by atoms with Gasteiger partial charge >= 0.3 is 24.0 Å². The number of nitrogens with zero attached hydrogens (tertiary/aromatic N) is 10. The van der Waals surface area contributed by atoms with E-state index in [0.29, 0.717) is 66.2 Å². The molecule has 0 aromatic heterocycles. The molecule has 142 heavy (non-hydrogen) atoms. The fourth-order valence-electron chi connectivity index (χ4n) is 5.29. The van der Waals surface area contributed by atoms with Gasteiger partial charge in [0.2, 0.25) is 6.04 Å². The van der Waals surface area contributed by atoms with E-state index >= 15 is 0 Å². The molecule has 0 aliphatic carbocycles. The number of hydrogen-bond acceptors (Lipinski definition) is 28. The van der Waals surface area contributed by atoms with E-state index in [1.807, 2.05) is 187 Å². The summed E-state index contributed by atoms with van der Waals surface area (Å²) in [5.74, 6) is 15.5. The van der Waals surface area contributed by atoms with E-state index < -0.39 is 24.3 Å². The number of nitro groups is 1. The first-order valence-electron chi connectivity index (χ1n) is 50.1. The summed E-state index contributed by atoms with van der Waals surface area (Å²) in [6, 6.07) is 7.21. The second kappa shape index (κ2) is 136. The Hall–Kier alpha value is -0.990. The van der Waals surface area contributed by atoms with Gasteiger partial charge in [-0.05, 0) is 179 Å². The molecule has 38 heteroatoms.